The van der Waals surface area contributed by atoms with Crippen LogP contribution in [-0.4, -0.2) is 61.7 Å². The van der Waals surface area contributed by atoms with Crippen LogP contribution < -0.4 is 0 Å². The Morgan fingerprint density at radius 3 is 2.71 bits per heavy atom. The Kier molecular flexibility index (Phi) is 4.79. The smallest absolute Gasteiger partial charge is 0.339 e. The van der Waals surface area contributed by atoms with E-state index in [1.54, 1.807) is 17.3 Å². The van der Waals surface area contributed by atoms with Gasteiger partial charge in [0.2, 0.25) is 0 Å². The second kappa shape index (κ2) is 7.55. The lowest BCUT2D eigenvalue weighted by Crippen LogP contribution is -2.34. The Hall–Kier alpha value is -3.62. The maximum Gasteiger partial charge on any atom is 0.339 e. The minimum Gasteiger partial charge on any atom is -0.465 e. The molecule has 3 aromatic rings. The van der Waals surface area contributed by atoms with Crippen molar-refractivity contribution in [2.75, 3.05) is 20.2 Å². The maximum absolute atomic E-state index is 12.8. The second-order valence-electron chi connectivity index (χ2n) is 6.28. The molecule has 4 rings (SSSR count). The van der Waals surface area contributed by atoms with Crippen molar-refractivity contribution >= 4 is 11.9 Å². The van der Waals surface area contributed by atoms with Crippen LogP contribution in [0.25, 0.3) is 11.4 Å². The van der Waals surface area contributed by atoms with E-state index < -0.39 is 5.97 Å². The molecular formula is C19H18N6O3. The normalized spacial score (nSPS) is 13.5. The first-order chi connectivity index (χ1) is 13.7. The van der Waals surface area contributed by atoms with Crippen molar-refractivity contribution < 1.29 is 14.3 Å². The van der Waals surface area contributed by atoms with Crippen molar-refractivity contribution in [3.05, 3.63) is 59.9 Å². The zero-order valence-electron chi connectivity index (χ0n) is 15.3. The molecule has 1 aliphatic heterocycles. The van der Waals surface area contributed by atoms with Gasteiger partial charge in [0, 0.05) is 43.7 Å². The van der Waals surface area contributed by atoms with Crippen LogP contribution in [0.3, 0.4) is 0 Å². The van der Waals surface area contributed by atoms with Gasteiger partial charge in [-0.3, -0.25) is 14.8 Å². The van der Waals surface area contributed by atoms with Crippen LogP contribution in [0.2, 0.25) is 0 Å². The summed E-state index contributed by atoms with van der Waals surface area (Å²) >= 11 is 0. The van der Waals surface area contributed by atoms with Crippen molar-refractivity contribution in [1.29, 1.82) is 0 Å². The highest BCUT2D eigenvalue weighted by Gasteiger charge is 2.23. The van der Waals surface area contributed by atoms with Gasteiger partial charge >= 0.3 is 5.97 Å². The summed E-state index contributed by atoms with van der Waals surface area (Å²) in [6.07, 6.45) is 5.39. The largest absolute Gasteiger partial charge is 0.465 e. The van der Waals surface area contributed by atoms with Gasteiger partial charge in [-0.2, -0.15) is 5.10 Å². The van der Waals surface area contributed by atoms with Gasteiger partial charge in [0.25, 0.3) is 5.91 Å². The number of carbonyl (C=O) groups excluding carboxylic acids is 2. The minimum atomic E-state index is -0.484. The number of ether oxygens (including phenoxy) is 1. The zero-order valence-corrected chi connectivity index (χ0v) is 15.3. The lowest BCUT2D eigenvalue weighted by molar-refractivity contribution is 0.0599. The fourth-order valence-corrected chi connectivity index (χ4v) is 3.04. The number of pyridine rings is 2. The van der Waals surface area contributed by atoms with Crippen molar-refractivity contribution in [3.63, 3.8) is 0 Å². The van der Waals surface area contributed by atoms with E-state index in [1.165, 1.54) is 25.4 Å². The SMILES string of the molecule is COC(=O)c1ccc(C(=O)N2CCc3nc(-c4cccnc4)nn3CC2)nc1. The number of nitrogens with zero attached hydrogens (tertiary/aromatic N) is 6. The van der Waals surface area contributed by atoms with E-state index in [-0.39, 0.29) is 11.6 Å². The van der Waals surface area contributed by atoms with Crippen LogP contribution in [0.5, 0.6) is 0 Å². The predicted octanol–water partition coefficient (Wildman–Crippen LogP) is 1.22. The molecule has 9 heteroatoms. The molecule has 0 aliphatic carbocycles. The van der Waals surface area contributed by atoms with Gasteiger partial charge in [-0.25, -0.2) is 14.5 Å². The van der Waals surface area contributed by atoms with Crippen LogP contribution >= 0.6 is 0 Å². The highest BCUT2D eigenvalue weighted by atomic mass is 16.5. The Bertz CT molecular complexity index is 975. The standard InChI is InChI=1S/C19H18N6O3/c1-28-19(27)14-4-5-15(21-12-14)18(26)24-8-6-16-22-17(23-25(16)10-9-24)13-3-2-7-20-11-13/h2-5,7,11-12H,6,8-10H2,1H3. The van der Waals surface area contributed by atoms with E-state index in [1.807, 2.05) is 16.8 Å². The lowest BCUT2D eigenvalue weighted by atomic mass is 10.2. The molecule has 142 valence electrons. The van der Waals surface area contributed by atoms with Crippen molar-refractivity contribution in [2.45, 2.75) is 13.0 Å². The molecule has 28 heavy (non-hydrogen) atoms. The quantitative estimate of drug-likeness (QED) is 0.631. The Labute approximate surface area is 161 Å². The summed E-state index contributed by atoms with van der Waals surface area (Å²) in [7, 11) is 1.30. The molecule has 0 N–H and O–H groups in total. The summed E-state index contributed by atoms with van der Waals surface area (Å²) in [6.45, 7) is 1.57. The molecule has 4 heterocycles. The van der Waals surface area contributed by atoms with Crippen molar-refractivity contribution in [2.24, 2.45) is 0 Å². The van der Waals surface area contributed by atoms with Crippen LogP contribution in [-0.2, 0) is 17.7 Å². The van der Waals surface area contributed by atoms with Gasteiger partial charge in [-0.05, 0) is 24.3 Å². The molecule has 9 nitrogen and oxygen atoms in total. The molecule has 0 saturated carbocycles. The second-order valence-corrected chi connectivity index (χ2v) is 6.28. The minimum absolute atomic E-state index is 0.186. The van der Waals surface area contributed by atoms with Gasteiger partial charge in [-0.15, -0.1) is 0 Å². The van der Waals surface area contributed by atoms with Crippen LogP contribution in [0.1, 0.15) is 26.7 Å². The summed E-state index contributed by atoms with van der Waals surface area (Å²) < 4.78 is 6.48. The number of amides is 1. The fourth-order valence-electron chi connectivity index (χ4n) is 3.04. The number of rotatable bonds is 3. The molecule has 1 amide bonds. The third-order valence-corrected chi connectivity index (χ3v) is 4.55. The first-order valence-electron chi connectivity index (χ1n) is 8.83. The van der Waals surface area contributed by atoms with Gasteiger partial charge in [-0.1, -0.05) is 0 Å². The molecule has 0 aromatic carbocycles. The maximum atomic E-state index is 12.8. The number of esters is 1. The van der Waals surface area contributed by atoms with E-state index in [0.717, 1.165) is 11.4 Å². The zero-order chi connectivity index (χ0) is 19.5. The van der Waals surface area contributed by atoms with Crippen molar-refractivity contribution in [3.8, 4) is 11.4 Å². The highest BCUT2D eigenvalue weighted by molar-refractivity contribution is 5.94. The molecule has 0 fully saturated rings. The van der Waals surface area contributed by atoms with Crippen LogP contribution in [0.15, 0.2) is 42.9 Å². The first-order valence-corrected chi connectivity index (χ1v) is 8.83. The number of aromatic nitrogens is 5. The van der Waals surface area contributed by atoms with Gasteiger partial charge in [0.15, 0.2) is 5.82 Å². The summed E-state index contributed by atoms with van der Waals surface area (Å²) in [5, 5.41) is 4.55. The average molecular weight is 378 g/mol. The molecule has 1 aliphatic rings. The first kappa shape index (κ1) is 17.8. The molecule has 0 spiro atoms. The summed E-state index contributed by atoms with van der Waals surface area (Å²) in [5.74, 6) is 0.808. The van der Waals surface area contributed by atoms with Crippen LogP contribution in [0, 0.1) is 0 Å². The third kappa shape index (κ3) is 3.46. The van der Waals surface area contributed by atoms with E-state index in [2.05, 4.69) is 24.8 Å². The molecule has 0 unspecified atom stereocenters. The number of fused-ring (bicyclic) bond motifs is 1. The molecule has 0 bridgehead atoms. The predicted molar refractivity (Wildman–Crippen MR) is 98.4 cm³/mol. The molecule has 3 aromatic heterocycles. The van der Waals surface area contributed by atoms with Crippen molar-refractivity contribution in [1.82, 2.24) is 29.6 Å². The van der Waals surface area contributed by atoms with E-state index >= 15 is 0 Å². The highest BCUT2D eigenvalue weighted by Crippen LogP contribution is 2.17. The van der Waals surface area contributed by atoms with Gasteiger partial charge < -0.3 is 9.64 Å². The number of hydrogen-bond donors (Lipinski definition) is 0. The molecular weight excluding hydrogens is 360 g/mol. The number of hydrogen-bond acceptors (Lipinski definition) is 7. The molecule has 0 radical (unpaired) electrons. The third-order valence-electron chi connectivity index (χ3n) is 4.55. The molecule has 0 saturated heterocycles. The summed E-state index contributed by atoms with van der Waals surface area (Å²) in [4.78, 5) is 38.8. The number of carbonyl (C=O) groups is 2. The van der Waals surface area contributed by atoms with E-state index in [9.17, 15) is 9.59 Å². The van der Waals surface area contributed by atoms with E-state index in [4.69, 9.17) is 0 Å². The Balaban J connectivity index is 1.46. The lowest BCUT2D eigenvalue weighted by Gasteiger charge is -2.19. The Morgan fingerprint density at radius 2 is 2.00 bits per heavy atom. The average Bonchev–Trinajstić information content (AvgIpc) is 3.06. The van der Waals surface area contributed by atoms with E-state index in [0.29, 0.717) is 37.4 Å². The topological polar surface area (TPSA) is 103 Å². The molecule has 0 atom stereocenters. The van der Waals surface area contributed by atoms with Crippen LogP contribution in [0.4, 0.5) is 0 Å². The summed E-state index contributed by atoms with van der Waals surface area (Å²) in [6, 6.07) is 6.84. The monoisotopic (exact) mass is 378 g/mol. The van der Waals surface area contributed by atoms with Gasteiger partial charge in [0.1, 0.15) is 11.5 Å². The fraction of sp³-hybridized carbons (Fsp3) is 0.263. The Morgan fingerprint density at radius 1 is 1.11 bits per heavy atom. The number of methoxy groups -OCH3 is 1. The summed E-state index contributed by atoms with van der Waals surface area (Å²) in [5.41, 5.74) is 1.46. The van der Waals surface area contributed by atoms with Gasteiger partial charge in [0.05, 0.1) is 19.2 Å².